The summed E-state index contributed by atoms with van der Waals surface area (Å²) >= 11 is 0. The van der Waals surface area contributed by atoms with Crippen LogP contribution in [0.15, 0.2) is 30.5 Å². The molecule has 1 aromatic carbocycles. The van der Waals surface area contributed by atoms with Gasteiger partial charge in [0.15, 0.2) is 0 Å². The number of amides is 1. The first kappa shape index (κ1) is 20.9. The molecule has 1 aromatic heterocycles. The minimum absolute atomic E-state index is 0.0118. The number of likely N-dealkylation sites (tertiary alicyclic amines) is 1. The molecule has 1 saturated heterocycles. The van der Waals surface area contributed by atoms with E-state index in [2.05, 4.69) is 25.8 Å². The summed E-state index contributed by atoms with van der Waals surface area (Å²) < 4.78 is 11.3. The van der Waals surface area contributed by atoms with Crippen LogP contribution < -0.4 is 9.47 Å². The van der Waals surface area contributed by atoms with E-state index in [0.717, 1.165) is 16.5 Å². The molecular weight excluding hydrogens is 372 g/mol. The molecule has 1 amide bonds. The van der Waals surface area contributed by atoms with Crippen molar-refractivity contribution in [2.75, 3.05) is 13.7 Å². The van der Waals surface area contributed by atoms with Gasteiger partial charge in [-0.3, -0.25) is 4.79 Å². The maximum absolute atomic E-state index is 12.7. The van der Waals surface area contributed by atoms with Gasteiger partial charge in [0.2, 0.25) is 11.8 Å². The smallest absolute Gasteiger partial charge is 0.326 e. The first-order valence-corrected chi connectivity index (χ1v) is 9.79. The third-order valence-electron chi connectivity index (χ3n) is 5.17. The van der Waals surface area contributed by atoms with E-state index in [4.69, 9.17) is 9.47 Å². The molecule has 7 nitrogen and oxygen atoms in total. The largest absolute Gasteiger partial charge is 0.497 e. The van der Waals surface area contributed by atoms with Crippen molar-refractivity contribution in [1.29, 1.82) is 0 Å². The summed E-state index contributed by atoms with van der Waals surface area (Å²) in [6, 6.07) is 6.57. The molecule has 1 aliphatic heterocycles. The Hall–Kier alpha value is -2.83. The number of pyridine rings is 1. The number of rotatable bonds is 6. The SMILES string of the molecule is COc1ccc2c(O[C@@H]3C[C@@H](C(=O)O)N(C(=O)CCC(C)(C)C)C3)nccc2c1. The van der Waals surface area contributed by atoms with Crippen LogP contribution in [0, 0.1) is 5.41 Å². The van der Waals surface area contributed by atoms with Gasteiger partial charge in [0.1, 0.15) is 17.9 Å². The summed E-state index contributed by atoms with van der Waals surface area (Å²) in [5.41, 5.74) is 0.0118. The third-order valence-corrected chi connectivity index (χ3v) is 5.17. The van der Waals surface area contributed by atoms with Crippen molar-refractivity contribution in [2.24, 2.45) is 5.41 Å². The lowest BCUT2D eigenvalue weighted by Crippen LogP contribution is -2.40. The number of hydrogen-bond donors (Lipinski definition) is 1. The highest BCUT2D eigenvalue weighted by Gasteiger charge is 2.41. The standard InChI is InChI=1S/C22H28N2O5/c1-22(2,3)9-7-19(25)24-13-16(12-18(24)21(26)27)29-20-17-6-5-15(28-4)11-14(17)8-10-23-20/h5-6,8,10-11,16,18H,7,9,12-13H2,1-4H3,(H,26,27)/t16-,18+/m1/s1. The molecule has 2 aromatic rings. The fraction of sp³-hybridized carbons (Fsp3) is 0.500. The molecular formula is C22H28N2O5. The predicted octanol–water partition coefficient (Wildman–Crippen LogP) is 3.50. The number of nitrogens with zero attached hydrogens (tertiary/aromatic N) is 2. The highest BCUT2D eigenvalue weighted by Crippen LogP contribution is 2.30. The molecule has 0 aliphatic carbocycles. The Kier molecular flexibility index (Phi) is 5.96. The summed E-state index contributed by atoms with van der Waals surface area (Å²) in [5.74, 6) is 0.0187. The van der Waals surface area contributed by atoms with Gasteiger partial charge < -0.3 is 19.5 Å². The van der Waals surface area contributed by atoms with Crippen molar-refractivity contribution < 1.29 is 24.2 Å². The molecule has 2 heterocycles. The van der Waals surface area contributed by atoms with Crippen LogP contribution in [-0.2, 0) is 9.59 Å². The number of benzene rings is 1. The van der Waals surface area contributed by atoms with E-state index >= 15 is 0 Å². The Morgan fingerprint density at radius 2 is 2.03 bits per heavy atom. The molecule has 3 rings (SSSR count). The van der Waals surface area contributed by atoms with Crippen molar-refractivity contribution >= 4 is 22.6 Å². The Balaban J connectivity index is 1.76. The van der Waals surface area contributed by atoms with Gasteiger partial charge in [-0.1, -0.05) is 20.8 Å². The summed E-state index contributed by atoms with van der Waals surface area (Å²) in [5, 5.41) is 11.3. The zero-order valence-electron chi connectivity index (χ0n) is 17.3. The second kappa shape index (κ2) is 8.27. The van der Waals surface area contributed by atoms with Gasteiger partial charge in [-0.15, -0.1) is 0 Å². The Morgan fingerprint density at radius 3 is 2.69 bits per heavy atom. The van der Waals surface area contributed by atoms with Crippen molar-refractivity contribution in [3.63, 3.8) is 0 Å². The van der Waals surface area contributed by atoms with E-state index in [9.17, 15) is 14.7 Å². The van der Waals surface area contributed by atoms with Gasteiger partial charge in [0.25, 0.3) is 0 Å². The predicted molar refractivity (Wildman–Crippen MR) is 109 cm³/mol. The average Bonchev–Trinajstić information content (AvgIpc) is 3.09. The molecule has 0 radical (unpaired) electrons. The van der Waals surface area contributed by atoms with Crippen LogP contribution in [0.2, 0.25) is 0 Å². The van der Waals surface area contributed by atoms with Gasteiger partial charge in [0, 0.05) is 24.4 Å². The first-order chi connectivity index (χ1) is 13.7. The number of aliphatic carboxylic acids is 1. The van der Waals surface area contributed by atoms with E-state index in [1.54, 1.807) is 13.3 Å². The molecule has 29 heavy (non-hydrogen) atoms. The highest BCUT2D eigenvalue weighted by atomic mass is 16.5. The van der Waals surface area contributed by atoms with Crippen molar-refractivity contribution in [2.45, 2.75) is 52.2 Å². The first-order valence-electron chi connectivity index (χ1n) is 9.79. The Bertz CT molecular complexity index is 906. The number of ether oxygens (including phenoxy) is 2. The van der Waals surface area contributed by atoms with E-state index in [1.165, 1.54) is 4.90 Å². The average molecular weight is 400 g/mol. The van der Waals surface area contributed by atoms with Gasteiger partial charge in [-0.05, 0) is 41.5 Å². The molecule has 0 unspecified atom stereocenters. The maximum atomic E-state index is 12.7. The van der Waals surface area contributed by atoms with Crippen molar-refractivity contribution in [3.05, 3.63) is 30.5 Å². The van der Waals surface area contributed by atoms with Gasteiger partial charge in [-0.25, -0.2) is 9.78 Å². The lowest BCUT2D eigenvalue weighted by molar-refractivity contribution is -0.148. The Morgan fingerprint density at radius 1 is 1.28 bits per heavy atom. The lowest BCUT2D eigenvalue weighted by Gasteiger charge is -2.24. The van der Waals surface area contributed by atoms with Crippen LogP contribution >= 0.6 is 0 Å². The maximum Gasteiger partial charge on any atom is 0.326 e. The topological polar surface area (TPSA) is 89.0 Å². The molecule has 7 heteroatoms. The Labute approximate surface area is 170 Å². The number of carboxylic acids is 1. The number of methoxy groups -OCH3 is 1. The molecule has 0 bridgehead atoms. The van der Waals surface area contributed by atoms with E-state index < -0.39 is 18.1 Å². The van der Waals surface area contributed by atoms with Crippen LogP contribution in [0.4, 0.5) is 0 Å². The van der Waals surface area contributed by atoms with Crippen molar-refractivity contribution in [3.8, 4) is 11.6 Å². The fourth-order valence-electron chi connectivity index (χ4n) is 3.53. The number of carboxylic acid groups (broad SMARTS) is 1. The van der Waals surface area contributed by atoms with Crippen LogP contribution in [0.1, 0.15) is 40.0 Å². The number of carbonyl (C=O) groups is 2. The summed E-state index contributed by atoms with van der Waals surface area (Å²) in [4.78, 5) is 30.1. The minimum atomic E-state index is -1.00. The summed E-state index contributed by atoms with van der Waals surface area (Å²) in [6.07, 6.45) is 2.49. The zero-order valence-corrected chi connectivity index (χ0v) is 17.3. The minimum Gasteiger partial charge on any atom is -0.497 e. The quantitative estimate of drug-likeness (QED) is 0.798. The van der Waals surface area contributed by atoms with Crippen LogP contribution in [0.5, 0.6) is 11.6 Å². The van der Waals surface area contributed by atoms with Crippen LogP contribution in [-0.4, -0.2) is 52.7 Å². The fourth-order valence-corrected chi connectivity index (χ4v) is 3.53. The van der Waals surface area contributed by atoms with Gasteiger partial charge >= 0.3 is 5.97 Å². The monoisotopic (exact) mass is 400 g/mol. The van der Waals surface area contributed by atoms with E-state index in [0.29, 0.717) is 18.7 Å². The second-order valence-electron chi connectivity index (χ2n) is 8.64. The van der Waals surface area contributed by atoms with Crippen LogP contribution in [0.3, 0.4) is 0 Å². The number of fused-ring (bicyclic) bond motifs is 1. The van der Waals surface area contributed by atoms with Gasteiger partial charge in [-0.2, -0.15) is 0 Å². The van der Waals surface area contributed by atoms with Crippen LogP contribution in [0.25, 0.3) is 10.8 Å². The highest BCUT2D eigenvalue weighted by molar-refractivity contribution is 5.88. The zero-order chi connectivity index (χ0) is 21.2. The van der Waals surface area contributed by atoms with E-state index in [-0.39, 0.29) is 24.3 Å². The summed E-state index contributed by atoms with van der Waals surface area (Å²) in [6.45, 7) is 6.43. The van der Waals surface area contributed by atoms with E-state index in [1.807, 2.05) is 24.3 Å². The molecule has 0 saturated carbocycles. The second-order valence-corrected chi connectivity index (χ2v) is 8.64. The number of hydrogen-bond acceptors (Lipinski definition) is 5. The normalized spacial score (nSPS) is 19.4. The molecule has 156 valence electrons. The third kappa shape index (κ3) is 4.96. The lowest BCUT2D eigenvalue weighted by atomic mass is 9.90. The number of carbonyl (C=O) groups excluding carboxylic acids is 1. The molecule has 2 atom stereocenters. The molecule has 1 aliphatic rings. The molecule has 1 N–H and O–H groups in total. The summed E-state index contributed by atoms with van der Waals surface area (Å²) in [7, 11) is 1.61. The van der Waals surface area contributed by atoms with Gasteiger partial charge in [0.05, 0.1) is 13.7 Å². The number of aromatic nitrogens is 1. The molecule has 1 fully saturated rings. The molecule has 0 spiro atoms. The van der Waals surface area contributed by atoms with Crippen molar-refractivity contribution in [1.82, 2.24) is 9.88 Å².